The Morgan fingerprint density at radius 3 is 2.33 bits per heavy atom. The van der Waals surface area contributed by atoms with Crippen LogP contribution in [0.4, 0.5) is 13.2 Å². The van der Waals surface area contributed by atoms with E-state index in [2.05, 4.69) is 5.32 Å². The minimum Gasteiger partial charge on any atom is -0.486 e. The third-order valence-corrected chi connectivity index (χ3v) is 3.75. The molecule has 0 aliphatic carbocycles. The second-order valence-corrected chi connectivity index (χ2v) is 5.39. The normalized spacial score (nSPS) is 14.5. The Morgan fingerprint density at radius 2 is 1.67 bits per heavy atom. The summed E-state index contributed by atoms with van der Waals surface area (Å²) in [5.74, 6) is -2.82. The topological polar surface area (TPSA) is 50.7 Å². The van der Waals surface area contributed by atoms with E-state index in [4.69, 9.17) is 9.47 Å². The predicted octanol–water partition coefficient (Wildman–Crippen LogP) is 2.70. The third kappa shape index (κ3) is 3.47. The van der Waals surface area contributed by atoms with E-state index in [9.17, 15) is 18.3 Å². The van der Waals surface area contributed by atoms with Gasteiger partial charge in [-0.1, -0.05) is 6.07 Å². The molecule has 2 N–H and O–H groups in total. The van der Waals surface area contributed by atoms with Gasteiger partial charge in [0.2, 0.25) is 0 Å². The molecule has 1 unspecified atom stereocenters. The van der Waals surface area contributed by atoms with Crippen molar-refractivity contribution in [2.75, 3.05) is 19.8 Å². The van der Waals surface area contributed by atoms with E-state index in [0.29, 0.717) is 31.3 Å². The molecular formula is C17H16F3NO3. The van der Waals surface area contributed by atoms with Crippen LogP contribution in [0.2, 0.25) is 0 Å². The van der Waals surface area contributed by atoms with Gasteiger partial charge in [0.05, 0.1) is 12.6 Å². The van der Waals surface area contributed by atoms with E-state index >= 15 is 0 Å². The largest absolute Gasteiger partial charge is 0.486 e. The van der Waals surface area contributed by atoms with Gasteiger partial charge in [0, 0.05) is 6.54 Å². The fraction of sp³-hybridized carbons (Fsp3) is 0.294. The highest BCUT2D eigenvalue weighted by molar-refractivity contribution is 5.43. The molecule has 3 rings (SSSR count). The van der Waals surface area contributed by atoms with Crippen molar-refractivity contribution < 1.29 is 27.8 Å². The smallest absolute Gasteiger partial charge is 0.194 e. The zero-order valence-corrected chi connectivity index (χ0v) is 12.7. The summed E-state index contributed by atoms with van der Waals surface area (Å²) >= 11 is 0. The van der Waals surface area contributed by atoms with Gasteiger partial charge in [-0.15, -0.1) is 0 Å². The number of halogens is 3. The summed E-state index contributed by atoms with van der Waals surface area (Å²) < 4.78 is 50.6. The van der Waals surface area contributed by atoms with Gasteiger partial charge in [-0.05, 0) is 35.4 Å². The van der Waals surface area contributed by atoms with Crippen LogP contribution in [0.1, 0.15) is 17.2 Å². The number of hydrogen-bond donors (Lipinski definition) is 2. The molecule has 24 heavy (non-hydrogen) atoms. The van der Waals surface area contributed by atoms with Crippen molar-refractivity contribution in [3.63, 3.8) is 0 Å². The molecule has 0 spiro atoms. The van der Waals surface area contributed by atoms with Crippen LogP contribution in [0, 0.1) is 17.5 Å². The Hall–Kier alpha value is -2.25. The van der Waals surface area contributed by atoms with Crippen molar-refractivity contribution in [2.24, 2.45) is 0 Å². The quantitative estimate of drug-likeness (QED) is 0.823. The molecule has 2 aromatic carbocycles. The van der Waals surface area contributed by atoms with Crippen LogP contribution in [0.15, 0.2) is 30.3 Å². The summed E-state index contributed by atoms with van der Waals surface area (Å²) in [5, 5.41) is 12.4. The first-order valence-corrected chi connectivity index (χ1v) is 7.45. The van der Waals surface area contributed by atoms with Crippen molar-refractivity contribution in [1.29, 1.82) is 0 Å². The minimum atomic E-state index is -1.53. The fourth-order valence-corrected chi connectivity index (χ4v) is 2.50. The number of rotatable bonds is 5. The monoisotopic (exact) mass is 339 g/mol. The van der Waals surface area contributed by atoms with Crippen molar-refractivity contribution in [3.8, 4) is 11.5 Å². The summed E-state index contributed by atoms with van der Waals surface area (Å²) in [5.41, 5.74) is 0.979. The number of ether oxygens (including phenoxy) is 2. The van der Waals surface area contributed by atoms with Gasteiger partial charge < -0.3 is 19.9 Å². The lowest BCUT2D eigenvalue weighted by atomic mass is 10.1. The number of aliphatic hydroxyl groups excluding tert-OH is 1. The highest BCUT2D eigenvalue weighted by atomic mass is 19.2. The van der Waals surface area contributed by atoms with Gasteiger partial charge in [-0.2, -0.15) is 0 Å². The van der Waals surface area contributed by atoms with Gasteiger partial charge in [-0.25, -0.2) is 13.2 Å². The molecule has 0 amide bonds. The van der Waals surface area contributed by atoms with E-state index in [1.165, 1.54) is 0 Å². The molecule has 1 heterocycles. The third-order valence-electron chi connectivity index (χ3n) is 3.75. The second kappa shape index (κ2) is 7.11. The molecule has 1 aliphatic heterocycles. The van der Waals surface area contributed by atoms with Crippen LogP contribution in [0.3, 0.4) is 0 Å². The Labute approximate surface area is 136 Å². The highest BCUT2D eigenvalue weighted by Crippen LogP contribution is 2.31. The average molecular weight is 339 g/mol. The maximum Gasteiger partial charge on any atom is 0.194 e. The summed E-state index contributed by atoms with van der Waals surface area (Å²) in [7, 11) is 0. The zero-order chi connectivity index (χ0) is 17.1. The van der Waals surface area contributed by atoms with Crippen molar-refractivity contribution >= 4 is 0 Å². The lowest BCUT2D eigenvalue weighted by Crippen LogP contribution is -2.24. The van der Waals surface area contributed by atoms with E-state index in [-0.39, 0.29) is 5.56 Å². The van der Waals surface area contributed by atoms with Gasteiger partial charge >= 0.3 is 0 Å². The lowest BCUT2D eigenvalue weighted by molar-refractivity contribution is 0.171. The Morgan fingerprint density at radius 1 is 1.00 bits per heavy atom. The molecule has 1 aliphatic rings. The van der Waals surface area contributed by atoms with E-state index in [0.717, 1.165) is 17.7 Å². The van der Waals surface area contributed by atoms with Gasteiger partial charge in [-0.3, -0.25) is 0 Å². The maximum absolute atomic E-state index is 13.3. The first-order chi connectivity index (χ1) is 11.6. The maximum atomic E-state index is 13.3. The minimum absolute atomic E-state index is 0.131. The molecule has 4 nitrogen and oxygen atoms in total. The van der Waals surface area contributed by atoms with E-state index in [1.54, 1.807) is 12.1 Å². The molecule has 7 heteroatoms. The number of hydrogen-bond acceptors (Lipinski definition) is 4. The predicted molar refractivity (Wildman–Crippen MR) is 80.4 cm³/mol. The summed E-state index contributed by atoms with van der Waals surface area (Å²) in [6, 6.07) is 6.40. The summed E-state index contributed by atoms with van der Waals surface area (Å²) in [6.45, 7) is 0.897. The Balaban J connectivity index is 1.72. The zero-order valence-electron chi connectivity index (χ0n) is 12.7. The van der Waals surface area contributed by atoms with E-state index < -0.39 is 30.1 Å². The molecule has 0 saturated carbocycles. The first kappa shape index (κ1) is 16.6. The molecule has 0 fully saturated rings. The average Bonchev–Trinajstić information content (AvgIpc) is 2.60. The SMILES string of the molecule is OCC(NCc1ccc2c(c1)OCCO2)c1cc(F)c(F)c(F)c1. The summed E-state index contributed by atoms with van der Waals surface area (Å²) in [6.07, 6.45) is 0. The molecule has 128 valence electrons. The fourth-order valence-electron chi connectivity index (χ4n) is 2.50. The second-order valence-electron chi connectivity index (χ2n) is 5.39. The van der Waals surface area contributed by atoms with Crippen molar-refractivity contribution in [1.82, 2.24) is 5.32 Å². The molecule has 0 bridgehead atoms. The highest BCUT2D eigenvalue weighted by Gasteiger charge is 2.17. The Bertz CT molecular complexity index is 716. The van der Waals surface area contributed by atoms with Crippen molar-refractivity contribution in [3.05, 3.63) is 58.9 Å². The number of benzene rings is 2. The Kier molecular flexibility index (Phi) is 4.92. The standard InChI is InChI=1S/C17H16F3NO3/c18-12-6-11(7-13(19)17(12)20)14(9-22)21-8-10-1-2-15-16(5-10)24-4-3-23-15/h1-2,5-7,14,21-22H,3-4,8-9H2. The van der Waals surface area contributed by atoms with Gasteiger partial charge in [0.1, 0.15) is 13.2 Å². The molecule has 0 radical (unpaired) electrons. The van der Waals surface area contributed by atoms with Crippen LogP contribution in [-0.2, 0) is 6.54 Å². The molecule has 0 saturated heterocycles. The number of nitrogens with one attached hydrogen (secondary N) is 1. The van der Waals surface area contributed by atoms with Crippen LogP contribution in [0.25, 0.3) is 0 Å². The molecule has 0 aromatic heterocycles. The van der Waals surface area contributed by atoms with Crippen LogP contribution < -0.4 is 14.8 Å². The van der Waals surface area contributed by atoms with Crippen LogP contribution in [-0.4, -0.2) is 24.9 Å². The number of fused-ring (bicyclic) bond motifs is 1. The van der Waals surface area contributed by atoms with Gasteiger partial charge in [0.25, 0.3) is 0 Å². The molecule has 1 atom stereocenters. The first-order valence-electron chi connectivity index (χ1n) is 7.45. The molecular weight excluding hydrogens is 323 g/mol. The summed E-state index contributed by atoms with van der Waals surface area (Å²) in [4.78, 5) is 0. The number of aliphatic hydroxyl groups is 1. The van der Waals surface area contributed by atoms with Crippen molar-refractivity contribution in [2.45, 2.75) is 12.6 Å². The van der Waals surface area contributed by atoms with Crippen LogP contribution >= 0.6 is 0 Å². The lowest BCUT2D eigenvalue weighted by Gasteiger charge is -2.20. The van der Waals surface area contributed by atoms with Gasteiger partial charge in [0.15, 0.2) is 29.0 Å². The van der Waals surface area contributed by atoms with E-state index in [1.807, 2.05) is 6.07 Å². The molecule has 2 aromatic rings. The van der Waals surface area contributed by atoms with Crippen LogP contribution in [0.5, 0.6) is 11.5 Å².